The van der Waals surface area contributed by atoms with E-state index < -0.39 is 0 Å². The van der Waals surface area contributed by atoms with E-state index in [1.54, 1.807) is 0 Å². The molecule has 60 heavy (non-hydrogen) atoms. The normalized spacial score (nSPS) is 11.3. The molecule has 10 aromatic carbocycles. The van der Waals surface area contributed by atoms with Gasteiger partial charge in [-0.05, 0) is 115 Å². The Bertz CT molecular complexity index is 3260. The fraction of sp³-hybridized carbons (Fsp3) is 0. The molecule has 0 aliphatic heterocycles. The van der Waals surface area contributed by atoms with Crippen LogP contribution in [0.3, 0.4) is 0 Å². The Hall–Kier alpha value is -7.94. The number of para-hydroxylation sites is 2. The van der Waals surface area contributed by atoms with Gasteiger partial charge >= 0.3 is 0 Å². The molecule has 2 nitrogen and oxygen atoms in total. The minimum atomic E-state index is 0.870. The second kappa shape index (κ2) is 15.1. The fourth-order valence-electron chi connectivity index (χ4n) is 8.59. The van der Waals surface area contributed by atoms with E-state index in [4.69, 9.17) is 4.42 Å². The number of hydrogen-bond donors (Lipinski definition) is 0. The lowest BCUT2D eigenvalue weighted by molar-refractivity contribution is 0.631. The van der Waals surface area contributed by atoms with Gasteiger partial charge in [0.1, 0.15) is 11.3 Å². The first-order valence-corrected chi connectivity index (χ1v) is 20.5. The Morgan fingerprint density at radius 3 is 1.57 bits per heavy atom. The number of nitrogens with zero attached hydrogens (tertiary/aromatic N) is 1. The van der Waals surface area contributed by atoms with Crippen molar-refractivity contribution in [1.29, 1.82) is 0 Å². The molecule has 0 spiro atoms. The van der Waals surface area contributed by atoms with Crippen LogP contribution in [0, 0.1) is 0 Å². The van der Waals surface area contributed by atoms with Gasteiger partial charge in [0.2, 0.25) is 0 Å². The number of furan rings is 1. The van der Waals surface area contributed by atoms with Gasteiger partial charge in [0, 0.05) is 27.9 Å². The molecule has 0 aliphatic rings. The fourth-order valence-corrected chi connectivity index (χ4v) is 8.59. The van der Waals surface area contributed by atoms with Crippen molar-refractivity contribution in [3.63, 3.8) is 0 Å². The van der Waals surface area contributed by atoms with Crippen LogP contribution in [0.15, 0.2) is 241 Å². The molecule has 0 atom stereocenters. The van der Waals surface area contributed by atoms with Gasteiger partial charge in [-0.15, -0.1) is 0 Å². The molecule has 1 heterocycles. The molecule has 0 saturated carbocycles. The van der Waals surface area contributed by atoms with Gasteiger partial charge in [0.05, 0.1) is 5.69 Å². The highest BCUT2D eigenvalue weighted by Crippen LogP contribution is 2.43. The van der Waals surface area contributed by atoms with Gasteiger partial charge in [-0.25, -0.2) is 0 Å². The average molecular weight is 766 g/mol. The number of anilines is 3. The minimum absolute atomic E-state index is 0.870. The van der Waals surface area contributed by atoms with Crippen LogP contribution in [-0.4, -0.2) is 0 Å². The zero-order valence-electron chi connectivity index (χ0n) is 32.9. The van der Waals surface area contributed by atoms with Crippen LogP contribution in [0.25, 0.3) is 88.3 Å². The Kier molecular flexibility index (Phi) is 8.87. The van der Waals surface area contributed by atoms with Crippen molar-refractivity contribution in [2.24, 2.45) is 0 Å². The third kappa shape index (κ3) is 6.61. The third-order valence-electron chi connectivity index (χ3n) is 11.7. The molecule has 0 amide bonds. The summed E-state index contributed by atoms with van der Waals surface area (Å²) in [6, 6.07) is 84.9. The van der Waals surface area contributed by atoms with E-state index in [1.807, 2.05) is 18.2 Å². The maximum Gasteiger partial charge on any atom is 0.135 e. The zero-order valence-corrected chi connectivity index (χ0v) is 32.9. The van der Waals surface area contributed by atoms with Crippen molar-refractivity contribution in [3.05, 3.63) is 237 Å². The molecule has 11 rings (SSSR count). The highest BCUT2D eigenvalue weighted by atomic mass is 16.3. The van der Waals surface area contributed by atoms with E-state index in [2.05, 4.69) is 223 Å². The summed E-state index contributed by atoms with van der Waals surface area (Å²) in [5, 5.41) is 6.17. The Morgan fingerprint density at radius 1 is 0.283 bits per heavy atom. The molecule has 11 aromatic rings. The average Bonchev–Trinajstić information content (AvgIpc) is 3.77. The van der Waals surface area contributed by atoms with Crippen LogP contribution in [-0.2, 0) is 0 Å². The minimum Gasteiger partial charge on any atom is -0.456 e. The number of rotatable bonds is 8. The SMILES string of the molecule is c1ccc(-c2ccc(-c3ccccc3N(c3ccc(-c4cccc(-c5cc6ccccc6o5)c4)cc3)c3ccc(-c4ccc5c(ccc6ccccc65)c4)cc3)cc2)cc1. The van der Waals surface area contributed by atoms with Gasteiger partial charge in [-0.1, -0.05) is 182 Å². The third-order valence-corrected chi connectivity index (χ3v) is 11.7. The van der Waals surface area contributed by atoms with Gasteiger partial charge < -0.3 is 9.32 Å². The monoisotopic (exact) mass is 765 g/mol. The highest BCUT2D eigenvalue weighted by Gasteiger charge is 2.18. The Labute approximate surface area is 349 Å². The maximum atomic E-state index is 6.23. The molecule has 2 heteroatoms. The van der Waals surface area contributed by atoms with Crippen molar-refractivity contribution >= 4 is 49.6 Å². The Balaban J connectivity index is 0.975. The lowest BCUT2D eigenvalue weighted by Gasteiger charge is -2.28. The summed E-state index contributed by atoms with van der Waals surface area (Å²) in [6.07, 6.45) is 0. The van der Waals surface area contributed by atoms with E-state index in [1.165, 1.54) is 43.8 Å². The summed E-state index contributed by atoms with van der Waals surface area (Å²) in [5.74, 6) is 0.870. The molecule has 0 radical (unpaired) electrons. The van der Waals surface area contributed by atoms with Crippen LogP contribution in [0.5, 0.6) is 0 Å². The van der Waals surface area contributed by atoms with E-state index in [9.17, 15) is 0 Å². The second-order valence-corrected chi connectivity index (χ2v) is 15.3. The van der Waals surface area contributed by atoms with Crippen LogP contribution >= 0.6 is 0 Å². The molecule has 0 unspecified atom stereocenters. The summed E-state index contributed by atoms with van der Waals surface area (Å²) < 4.78 is 6.23. The van der Waals surface area contributed by atoms with Crippen molar-refractivity contribution < 1.29 is 4.42 Å². The first kappa shape index (κ1) is 35.2. The van der Waals surface area contributed by atoms with Crippen LogP contribution in [0.1, 0.15) is 0 Å². The van der Waals surface area contributed by atoms with Crippen LogP contribution in [0.2, 0.25) is 0 Å². The smallest absolute Gasteiger partial charge is 0.135 e. The summed E-state index contributed by atoms with van der Waals surface area (Å²) in [7, 11) is 0. The molecule has 0 saturated heterocycles. The molecular formula is C58H39NO. The highest BCUT2D eigenvalue weighted by molar-refractivity contribution is 6.08. The first-order valence-electron chi connectivity index (χ1n) is 20.5. The van der Waals surface area contributed by atoms with E-state index in [-0.39, 0.29) is 0 Å². The summed E-state index contributed by atoms with van der Waals surface area (Å²) in [6.45, 7) is 0. The van der Waals surface area contributed by atoms with Crippen LogP contribution < -0.4 is 4.90 Å². The molecule has 0 bridgehead atoms. The van der Waals surface area contributed by atoms with Crippen molar-refractivity contribution in [2.45, 2.75) is 0 Å². The standard InChI is InChI=1S/C58H39NO/c1-2-11-40(12-3-1)41-21-23-45(24-22-41)55-18-7-8-19-56(55)59(52-34-29-43(30-35-52)47-31-36-54-48(37-47)26-25-44-13-4-6-17-53(44)54)51-32-27-42(28-33-51)46-15-10-16-49(38-46)58-39-50-14-5-9-20-57(50)60-58/h1-39H. The van der Waals surface area contributed by atoms with Gasteiger partial charge in [-0.2, -0.15) is 0 Å². The van der Waals surface area contributed by atoms with E-state index >= 15 is 0 Å². The quantitative estimate of drug-likeness (QED) is 0.143. The van der Waals surface area contributed by atoms with Gasteiger partial charge in [0.15, 0.2) is 0 Å². The summed E-state index contributed by atoms with van der Waals surface area (Å²) in [5.41, 5.74) is 14.6. The van der Waals surface area contributed by atoms with Crippen molar-refractivity contribution in [1.82, 2.24) is 0 Å². The van der Waals surface area contributed by atoms with Crippen molar-refractivity contribution in [3.8, 4) is 55.8 Å². The molecule has 282 valence electrons. The topological polar surface area (TPSA) is 16.4 Å². The lowest BCUT2D eigenvalue weighted by Crippen LogP contribution is -2.11. The van der Waals surface area contributed by atoms with E-state index in [0.717, 1.165) is 61.6 Å². The predicted molar refractivity (Wildman–Crippen MR) is 253 cm³/mol. The number of hydrogen-bond acceptors (Lipinski definition) is 2. The lowest BCUT2D eigenvalue weighted by atomic mass is 9.96. The van der Waals surface area contributed by atoms with Crippen molar-refractivity contribution in [2.75, 3.05) is 4.90 Å². The van der Waals surface area contributed by atoms with Gasteiger partial charge in [0.25, 0.3) is 0 Å². The second-order valence-electron chi connectivity index (χ2n) is 15.3. The molecule has 0 N–H and O–H groups in total. The molecule has 0 aliphatic carbocycles. The van der Waals surface area contributed by atoms with E-state index in [0.29, 0.717) is 0 Å². The molecule has 0 fully saturated rings. The molecule has 1 aromatic heterocycles. The predicted octanol–water partition coefficient (Wildman–Crippen LogP) is 16.5. The maximum absolute atomic E-state index is 6.23. The largest absolute Gasteiger partial charge is 0.456 e. The number of fused-ring (bicyclic) bond motifs is 4. The molecular weight excluding hydrogens is 727 g/mol. The summed E-state index contributed by atoms with van der Waals surface area (Å²) >= 11 is 0. The van der Waals surface area contributed by atoms with Crippen LogP contribution in [0.4, 0.5) is 17.1 Å². The Morgan fingerprint density at radius 2 is 0.800 bits per heavy atom. The first-order chi connectivity index (χ1) is 29.7. The zero-order chi connectivity index (χ0) is 39.8. The number of benzene rings is 10. The summed E-state index contributed by atoms with van der Waals surface area (Å²) in [4.78, 5) is 2.38. The van der Waals surface area contributed by atoms with Gasteiger partial charge in [-0.3, -0.25) is 0 Å².